The number of benzene rings is 1. The predicted molar refractivity (Wildman–Crippen MR) is 77.1 cm³/mol. The van der Waals surface area contributed by atoms with Gasteiger partial charge in [-0.3, -0.25) is 0 Å². The number of carbonyl (C=O) groups excluding carboxylic acids is 1. The van der Waals surface area contributed by atoms with E-state index in [9.17, 15) is 9.59 Å². The summed E-state index contributed by atoms with van der Waals surface area (Å²) in [7, 11) is 0. The number of hydrogen-bond donors (Lipinski definition) is 4. The van der Waals surface area contributed by atoms with Gasteiger partial charge in [0.25, 0.3) is 0 Å². The van der Waals surface area contributed by atoms with Gasteiger partial charge in [0.1, 0.15) is 0 Å². The van der Waals surface area contributed by atoms with Crippen molar-refractivity contribution in [2.45, 2.75) is 12.5 Å². The van der Waals surface area contributed by atoms with E-state index in [2.05, 4.69) is 42.5 Å². The number of aliphatic hydroxyl groups is 1. The van der Waals surface area contributed by atoms with Gasteiger partial charge in [0.05, 0.1) is 5.69 Å². The summed E-state index contributed by atoms with van der Waals surface area (Å²) < 4.78 is 1.58. The fourth-order valence-corrected chi connectivity index (χ4v) is 2.35. The molecule has 0 fully saturated rings. The number of carboxylic acid groups (broad SMARTS) is 1. The van der Waals surface area contributed by atoms with E-state index in [4.69, 9.17) is 10.2 Å². The number of halogens is 2. The molecule has 4 N–H and O–H groups in total. The third-order valence-electron chi connectivity index (χ3n) is 2.17. The van der Waals surface area contributed by atoms with Crippen molar-refractivity contribution in [3.63, 3.8) is 0 Å². The lowest BCUT2D eigenvalue weighted by Crippen LogP contribution is -2.33. The van der Waals surface area contributed by atoms with Crippen molar-refractivity contribution in [2.24, 2.45) is 0 Å². The second kappa shape index (κ2) is 7.46. The summed E-state index contributed by atoms with van der Waals surface area (Å²) in [6, 6.07) is 4.79. The van der Waals surface area contributed by atoms with Crippen molar-refractivity contribution in [2.75, 3.05) is 11.9 Å². The molecule has 1 aromatic rings. The summed E-state index contributed by atoms with van der Waals surface area (Å²) in [5.74, 6) is -1.31. The quantitative estimate of drug-likeness (QED) is 0.613. The van der Waals surface area contributed by atoms with Crippen molar-refractivity contribution >= 4 is 49.5 Å². The van der Waals surface area contributed by atoms with Gasteiger partial charge in [0, 0.05) is 21.9 Å². The Morgan fingerprint density at radius 3 is 2.58 bits per heavy atom. The van der Waals surface area contributed by atoms with Crippen LogP contribution in [0.2, 0.25) is 0 Å². The van der Waals surface area contributed by atoms with Crippen LogP contribution in [0.3, 0.4) is 0 Å². The van der Waals surface area contributed by atoms with E-state index in [1.54, 1.807) is 18.2 Å². The highest BCUT2D eigenvalue weighted by atomic mass is 79.9. The molecule has 8 heteroatoms. The Morgan fingerprint density at radius 2 is 2.00 bits per heavy atom. The van der Waals surface area contributed by atoms with Gasteiger partial charge >= 0.3 is 12.0 Å². The van der Waals surface area contributed by atoms with Gasteiger partial charge in [0.2, 0.25) is 0 Å². The number of aliphatic hydroxyl groups excluding tert-OH is 1. The molecule has 0 aliphatic rings. The van der Waals surface area contributed by atoms with Crippen LogP contribution < -0.4 is 10.6 Å². The molecule has 0 aliphatic heterocycles. The molecule has 2 amide bonds. The van der Waals surface area contributed by atoms with Gasteiger partial charge in [-0.2, -0.15) is 0 Å². The fourth-order valence-electron chi connectivity index (χ4n) is 1.20. The molecule has 6 nitrogen and oxygen atoms in total. The maximum atomic E-state index is 11.5. The van der Waals surface area contributed by atoms with Gasteiger partial charge in [-0.05, 0) is 34.1 Å². The summed E-state index contributed by atoms with van der Waals surface area (Å²) in [6.45, 7) is 0.0629. The zero-order valence-corrected chi connectivity index (χ0v) is 12.9. The van der Waals surface area contributed by atoms with Gasteiger partial charge in [-0.15, -0.1) is 0 Å². The summed E-state index contributed by atoms with van der Waals surface area (Å²) in [5, 5.41) is 22.5. The molecule has 0 saturated heterocycles. The maximum Gasteiger partial charge on any atom is 0.332 e. The number of hydrogen-bond acceptors (Lipinski definition) is 3. The molecular weight excluding hydrogens is 384 g/mol. The van der Waals surface area contributed by atoms with Crippen molar-refractivity contribution in [3.05, 3.63) is 27.1 Å². The molecule has 0 spiro atoms. The molecule has 0 radical (unpaired) electrons. The van der Waals surface area contributed by atoms with Crippen LogP contribution >= 0.6 is 31.9 Å². The second-order valence-electron chi connectivity index (χ2n) is 3.65. The van der Waals surface area contributed by atoms with Crippen molar-refractivity contribution in [1.29, 1.82) is 0 Å². The number of amides is 2. The first kappa shape index (κ1) is 15.9. The molecule has 1 aromatic carbocycles. The molecular formula is C11H12Br2N2O4. The molecule has 1 atom stereocenters. The van der Waals surface area contributed by atoms with Crippen LogP contribution in [0.4, 0.5) is 10.5 Å². The van der Waals surface area contributed by atoms with E-state index < -0.39 is 18.1 Å². The Bertz CT molecular complexity index is 482. The minimum absolute atomic E-state index is 0.0513. The topological polar surface area (TPSA) is 98.7 Å². The monoisotopic (exact) mass is 394 g/mol. The lowest BCUT2D eigenvalue weighted by molar-refractivity contribution is -0.146. The SMILES string of the molecule is O=C(NCCC(O)C(=O)O)Nc1ccc(Br)cc1Br. The van der Waals surface area contributed by atoms with Crippen LogP contribution in [-0.4, -0.2) is 34.9 Å². The number of aliphatic carboxylic acids is 1. The Hall–Kier alpha value is -1.12. The average Bonchev–Trinajstić information content (AvgIpc) is 2.32. The summed E-state index contributed by atoms with van der Waals surface area (Å²) in [6.07, 6.45) is -1.52. The van der Waals surface area contributed by atoms with Crippen LogP contribution in [0, 0.1) is 0 Å². The molecule has 1 rings (SSSR count). The lowest BCUT2D eigenvalue weighted by Gasteiger charge is -2.10. The third-order valence-corrected chi connectivity index (χ3v) is 3.32. The smallest absolute Gasteiger partial charge is 0.332 e. The average molecular weight is 396 g/mol. The standard InChI is InChI=1S/C11H12Br2N2O4/c12-6-1-2-8(7(13)5-6)15-11(19)14-4-3-9(16)10(17)18/h1-2,5,9,16H,3-4H2,(H,17,18)(H2,14,15,19). The molecule has 104 valence electrons. The number of anilines is 1. The molecule has 19 heavy (non-hydrogen) atoms. The van der Waals surface area contributed by atoms with E-state index in [-0.39, 0.29) is 13.0 Å². The van der Waals surface area contributed by atoms with E-state index in [1.165, 1.54) is 0 Å². The fraction of sp³-hybridized carbons (Fsp3) is 0.273. The first-order valence-electron chi connectivity index (χ1n) is 5.31. The number of carboxylic acids is 1. The highest BCUT2D eigenvalue weighted by Gasteiger charge is 2.13. The van der Waals surface area contributed by atoms with Crippen molar-refractivity contribution in [3.8, 4) is 0 Å². The minimum Gasteiger partial charge on any atom is -0.479 e. The Balaban J connectivity index is 2.41. The molecule has 1 unspecified atom stereocenters. The normalized spacial score (nSPS) is 11.7. The van der Waals surface area contributed by atoms with E-state index in [1.807, 2.05) is 0 Å². The van der Waals surface area contributed by atoms with Gasteiger partial charge in [0.15, 0.2) is 6.10 Å². The second-order valence-corrected chi connectivity index (χ2v) is 5.42. The van der Waals surface area contributed by atoms with Crippen molar-refractivity contribution < 1.29 is 19.8 Å². The van der Waals surface area contributed by atoms with Crippen LogP contribution in [0.15, 0.2) is 27.1 Å². The first-order chi connectivity index (χ1) is 8.90. The summed E-state index contributed by atoms with van der Waals surface area (Å²) in [4.78, 5) is 21.9. The van der Waals surface area contributed by atoms with Gasteiger partial charge < -0.3 is 20.8 Å². The number of nitrogens with one attached hydrogen (secondary N) is 2. The maximum absolute atomic E-state index is 11.5. The van der Waals surface area contributed by atoms with Gasteiger partial charge in [-0.1, -0.05) is 15.9 Å². The number of carbonyl (C=O) groups is 2. The van der Waals surface area contributed by atoms with Crippen LogP contribution in [-0.2, 0) is 4.79 Å². The zero-order valence-electron chi connectivity index (χ0n) is 9.69. The summed E-state index contributed by atoms with van der Waals surface area (Å²) >= 11 is 6.59. The summed E-state index contributed by atoms with van der Waals surface area (Å²) in [5.41, 5.74) is 0.583. The molecule has 0 bridgehead atoms. The highest BCUT2D eigenvalue weighted by Crippen LogP contribution is 2.25. The first-order valence-corrected chi connectivity index (χ1v) is 6.89. The largest absolute Gasteiger partial charge is 0.479 e. The van der Waals surface area contributed by atoms with Crippen LogP contribution in [0.5, 0.6) is 0 Å². The molecule has 0 aromatic heterocycles. The molecule has 0 heterocycles. The third kappa shape index (κ3) is 5.58. The van der Waals surface area contributed by atoms with E-state index in [0.29, 0.717) is 10.2 Å². The lowest BCUT2D eigenvalue weighted by atomic mass is 10.2. The Kier molecular flexibility index (Phi) is 6.26. The Labute approximate surface area is 126 Å². The van der Waals surface area contributed by atoms with E-state index >= 15 is 0 Å². The van der Waals surface area contributed by atoms with Crippen LogP contribution in [0.1, 0.15) is 6.42 Å². The van der Waals surface area contributed by atoms with Crippen molar-refractivity contribution in [1.82, 2.24) is 5.32 Å². The zero-order chi connectivity index (χ0) is 14.4. The predicted octanol–water partition coefficient (Wildman–Crippen LogP) is 2.17. The number of rotatable bonds is 5. The van der Waals surface area contributed by atoms with Crippen LogP contribution in [0.25, 0.3) is 0 Å². The Morgan fingerprint density at radius 1 is 1.32 bits per heavy atom. The molecule has 0 saturated carbocycles. The van der Waals surface area contributed by atoms with E-state index in [0.717, 1.165) is 4.47 Å². The number of urea groups is 1. The molecule has 0 aliphatic carbocycles. The minimum atomic E-state index is -1.47. The highest BCUT2D eigenvalue weighted by molar-refractivity contribution is 9.11. The van der Waals surface area contributed by atoms with Gasteiger partial charge in [-0.25, -0.2) is 9.59 Å².